The number of piperidine rings is 1. The van der Waals surface area contributed by atoms with Gasteiger partial charge in [0.25, 0.3) is 5.91 Å². The number of carbonyl (C=O) groups is 2. The summed E-state index contributed by atoms with van der Waals surface area (Å²) >= 11 is 6.05. The molecule has 1 unspecified atom stereocenters. The highest BCUT2D eigenvalue weighted by molar-refractivity contribution is 6.31. The minimum absolute atomic E-state index is 0.0883. The molecule has 3 aromatic rings. The largest absolute Gasteiger partial charge is 0.493 e. The predicted octanol–water partition coefficient (Wildman–Crippen LogP) is 4.81. The maximum absolute atomic E-state index is 13.7. The standard InChI is InChI=1S/C25H23ClF4N4O3/c26-16-1-3-18-15(13-31-20(18)11-16)7-10-33-8-5-14(6-9-33)22-32-23(35)19-12-17(27)2-4-21(19)34(22)37-24(36)25(28,29)30/h1-4,11-14,22,31H,5-10H2,(H,32,35). The molecule has 2 aliphatic heterocycles. The van der Waals surface area contributed by atoms with Crippen molar-refractivity contribution in [1.29, 1.82) is 0 Å². The number of alkyl halides is 3. The van der Waals surface area contributed by atoms with E-state index in [9.17, 15) is 27.2 Å². The molecule has 0 bridgehead atoms. The molecule has 2 N–H and O–H groups in total. The van der Waals surface area contributed by atoms with Crippen LogP contribution in [0.3, 0.4) is 0 Å². The number of fused-ring (bicyclic) bond motifs is 2. The van der Waals surface area contributed by atoms with E-state index in [-0.39, 0.29) is 17.2 Å². The number of aromatic amines is 1. The zero-order chi connectivity index (χ0) is 26.3. The van der Waals surface area contributed by atoms with Gasteiger partial charge in [0.15, 0.2) is 0 Å². The number of nitrogens with one attached hydrogen (secondary N) is 2. The first-order chi connectivity index (χ1) is 17.6. The van der Waals surface area contributed by atoms with Crippen LogP contribution < -0.4 is 10.4 Å². The molecule has 3 heterocycles. The Balaban J connectivity index is 1.27. The lowest BCUT2D eigenvalue weighted by atomic mass is 9.91. The van der Waals surface area contributed by atoms with Crippen molar-refractivity contribution in [3.05, 3.63) is 64.6 Å². The van der Waals surface area contributed by atoms with Crippen LogP contribution in [0.1, 0.15) is 28.8 Å². The molecule has 1 amide bonds. The van der Waals surface area contributed by atoms with E-state index in [0.29, 0.717) is 31.0 Å². The molecule has 0 aliphatic carbocycles. The smallest absolute Gasteiger partial charge is 0.361 e. The molecule has 7 nitrogen and oxygen atoms in total. The van der Waals surface area contributed by atoms with Crippen LogP contribution in [0.5, 0.6) is 0 Å². The maximum atomic E-state index is 13.7. The van der Waals surface area contributed by atoms with Crippen LogP contribution in [0.4, 0.5) is 23.2 Å². The van der Waals surface area contributed by atoms with Crippen molar-refractivity contribution >= 4 is 40.1 Å². The summed E-state index contributed by atoms with van der Waals surface area (Å²) < 4.78 is 52.7. The molecular formula is C25H23ClF4N4O3. The number of H-pyrrole nitrogens is 1. The predicted molar refractivity (Wildman–Crippen MR) is 128 cm³/mol. The van der Waals surface area contributed by atoms with Gasteiger partial charge >= 0.3 is 12.1 Å². The molecule has 196 valence electrons. The minimum atomic E-state index is -5.23. The number of aromatic nitrogens is 1. The van der Waals surface area contributed by atoms with Crippen molar-refractivity contribution in [1.82, 2.24) is 15.2 Å². The summed E-state index contributed by atoms with van der Waals surface area (Å²) in [6, 6.07) is 8.73. The van der Waals surface area contributed by atoms with Gasteiger partial charge in [-0.25, -0.2) is 9.18 Å². The highest BCUT2D eigenvalue weighted by Gasteiger charge is 2.46. The Kier molecular flexibility index (Phi) is 6.76. The van der Waals surface area contributed by atoms with E-state index >= 15 is 0 Å². The number of nitrogens with zero attached hydrogens (tertiary/aromatic N) is 2. The molecule has 1 aromatic heterocycles. The SMILES string of the molecule is O=C1NC(C2CCN(CCc3c[nH]c4cc(Cl)ccc34)CC2)N(OC(=O)C(F)(F)F)c2ccc(F)cc21. The number of hydrogen-bond acceptors (Lipinski definition) is 5. The summed E-state index contributed by atoms with van der Waals surface area (Å²) in [6.45, 7) is 2.05. The van der Waals surface area contributed by atoms with E-state index in [0.717, 1.165) is 52.7 Å². The Bertz CT molecular complexity index is 1340. The third-order valence-electron chi connectivity index (χ3n) is 6.89. The highest BCUT2D eigenvalue weighted by atomic mass is 35.5. The van der Waals surface area contributed by atoms with Crippen LogP contribution in [0.25, 0.3) is 10.9 Å². The van der Waals surface area contributed by atoms with E-state index in [1.54, 1.807) is 0 Å². The number of amides is 1. The van der Waals surface area contributed by atoms with Gasteiger partial charge in [0.2, 0.25) is 0 Å². The second-order valence-corrected chi connectivity index (χ2v) is 9.65. The molecule has 12 heteroatoms. The van der Waals surface area contributed by atoms with Crippen LogP contribution in [-0.4, -0.2) is 53.7 Å². The first-order valence-electron chi connectivity index (χ1n) is 11.8. The quantitative estimate of drug-likeness (QED) is 0.456. The fraction of sp³-hybridized carbons (Fsp3) is 0.360. The molecule has 37 heavy (non-hydrogen) atoms. The Hall–Kier alpha value is -3.31. The molecule has 0 saturated carbocycles. The zero-order valence-electron chi connectivity index (χ0n) is 19.4. The van der Waals surface area contributed by atoms with E-state index < -0.39 is 30.0 Å². The molecule has 2 aliphatic rings. The lowest BCUT2D eigenvalue weighted by Gasteiger charge is -2.43. The maximum Gasteiger partial charge on any atom is 0.493 e. The lowest BCUT2D eigenvalue weighted by molar-refractivity contribution is -0.203. The summed E-state index contributed by atoms with van der Waals surface area (Å²) in [7, 11) is 0. The Labute approximate surface area is 214 Å². The van der Waals surface area contributed by atoms with Crippen molar-refractivity contribution in [2.45, 2.75) is 31.6 Å². The van der Waals surface area contributed by atoms with Crippen molar-refractivity contribution in [3.8, 4) is 0 Å². The van der Waals surface area contributed by atoms with Crippen LogP contribution in [0.2, 0.25) is 5.02 Å². The molecular weight excluding hydrogens is 516 g/mol. The third-order valence-corrected chi connectivity index (χ3v) is 7.13. The Morgan fingerprint density at radius 1 is 1.14 bits per heavy atom. The van der Waals surface area contributed by atoms with Crippen LogP contribution in [-0.2, 0) is 16.1 Å². The van der Waals surface area contributed by atoms with Gasteiger partial charge in [0.05, 0.1) is 11.3 Å². The zero-order valence-corrected chi connectivity index (χ0v) is 20.2. The summed E-state index contributed by atoms with van der Waals surface area (Å²) in [5.74, 6) is -4.09. The van der Waals surface area contributed by atoms with Gasteiger partial charge in [0, 0.05) is 34.6 Å². The monoisotopic (exact) mass is 538 g/mol. The number of halogens is 5. The summed E-state index contributed by atoms with van der Waals surface area (Å²) in [6.07, 6.45) is -2.41. The molecule has 1 saturated heterocycles. The summed E-state index contributed by atoms with van der Waals surface area (Å²) in [5.41, 5.74) is 1.82. The molecule has 0 spiro atoms. The van der Waals surface area contributed by atoms with Gasteiger partial charge in [-0.1, -0.05) is 17.7 Å². The van der Waals surface area contributed by atoms with E-state index in [4.69, 9.17) is 16.4 Å². The van der Waals surface area contributed by atoms with Gasteiger partial charge in [0.1, 0.15) is 12.0 Å². The topological polar surface area (TPSA) is 77.7 Å². The van der Waals surface area contributed by atoms with Crippen molar-refractivity contribution in [3.63, 3.8) is 0 Å². The van der Waals surface area contributed by atoms with Gasteiger partial charge in [-0.2, -0.15) is 18.2 Å². The Morgan fingerprint density at radius 2 is 1.89 bits per heavy atom. The van der Waals surface area contributed by atoms with Gasteiger partial charge in [-0.15, -0.1) is 0 Å². The van der Waals surface area contributed by atoms with Gasteiger partial charge < -0.3 is 20.0 Å². The highest BCUT2D eigenvalue weighted by Crippen LogP contribution is 2.34. The lowest BCUT2D eigenvalue weighted by Crippen LogP contribution is -2.59. The fourth-order valence-corrected chi connectivity index (χ4v) is 5.17. The molecule has 1 fully saturated rings. The average Bonchev–Trinajstić information content (AvgIpc) is 3.26. The van der Waals surface area contributed by atoms with Crippen LogP contribution in [0, 0.1) is 11.7 Å². The van der Waals surface area contributed by atoms with Crippen molar-refractivity contribution in [2.75, 3.05) is 24.7 Å². The summed E-state index contributed by atoms with van der Waals surface area (Å²) in [5, 5.41) is 5.13. The van der Waals surface area contributed by atoms with Crippen LogP contribution in [0.15, 0.2) is 42.6 Å². The number of likely N-dealkylation sites (tertiary alicyclic amines) is 1. The number of anilines is 1. The number of carbonyl (C=O) groups excluding carboxylic acids is 2. The second kappa shape index (κ2) is 9.86. The number of benzene rings is 2. The van der Waals surface area contributed by atoms with E-state index in [1.165, 1.54) is 0 Å². The Morgan fingerprint density at radius 3 is 2.62 bits per heavy atom. The number of hydroxylamine groups is 1. The minimum Gasteiger partial charge on any atom is -0.361 e. The molecule has 1 atom stereocenters. The third kappa shape index (κ3) is 5.24. The van der Waals surface area contributed by atoms with Crippen molar-refractivity contribution < 1.29 is 32.0 Å². The molecule has 5 rings (SSSR count). The normalized spacial score (nSPS) is 19.1. The first-order valence-corrected chi connectivity index (χ1v) is 12.1. The average molecular weight is 539 g/mol. The second-order valence-electron chi connectivity index (χ2n) is 9.21. The van der Waals surface area contributed by atoms with Gasteiger partial charge in [-0.05, 0) is 68.2 Å². The fourth-order valence-electron chi connectivity index (χ4n) is 5.00. The van der Waals surface area contributed by atoms with Crippen LogP contribution >= 0.6 is 11.6 Å². The van der Waals surface area contributed by atoms with E-state index in [1.807, 2.05) is 24.4 Å². The number of rotatable bonds is 5. The van der Waals surface area contributed by atoms with Crippen molar-refractivity contribution in [2.24, 2.45) is 5.92 Å². The molecule has 0 radical (unpaired) electrons. The number of hydrogen-bond donors (Lipinski definition) is 2. The van der Waals surface area contributed by atoms with E-state index in [2.05, 4.69) is 15.2 Å². The molecule has 2 aromatic carbocycles. The summed E-state index contributed by atoms with van der Waals surface area (Å²) in [4.78, 5) is 34.5. The van der Waals surface area contributed by atoms with Gasteiger partial charge in [-0.3, -0.25) is 4.79 Å². The first kappa shape index (κ1) is 25.3.